The SMILES string of the molecule is CC1CCC(C(C)C)c2nn(C(c3nccn3C)n3cc4c(n3)[C@@H](C(C)C)CC[C@H]4C)cc21. The summed E-state index contributed by atoms with van der Waals surface area (Å²) >= 11 is 0. The molecule has 0 saturated heterocycles. The number of aryl methyl sites for hydroxylation is 1. The molecule has 0 N–H and O–H groups in total. The molecular weight excluding hydrogens is 408 g/mol. The van der Waals surface area contributed by atoms with Crippen molar-refractivity contribution in [1.82, 2.24) is 29.1 Å². The Balaban J connectivity index is 1.65. The lowest BCUT2D eigenvalue weighted by Gasteiger charge is -2.28. The normalized spacial score (nSPS) is 26.0. The van der Waals surface area contributed by atoms with Crippen LogP contribution in [0.4, 0.5) is 0 Å². The van der Waals surface area contributed by atoms with Crippen molar-refractivity contribution in [2.75, 3.05) is 0 Å². The zero-order chi connectivity index (χ0) is 23.4. The van der Waals surface area contributed by atoms with Crippen LogP contribution >= 0.6 is 0 Å². The maximum atomic E-state index is 5.26. The fourth-order valence-corrected chi connectivity index (χ4v) is 6.15. The number of rotatable bonds is 5. The molecule has 178 valence electrons. The molecule has 5 rings (SSSR count). The molecule has 33 heavy (non-hydrogen) atoms. The van der Waals surface area contributed by atoms with Gasteiger partial charge in [-0.2, -0.15) is 10.2 Å². The number of fused-ring (bicyclic) bond motifs is 2. The monoisotopic (exact) mass is 448 g/mol. The number of hydrogen-bond donors (Lipinski definition) is 0. The Hall–Kier alpha value is -2.37. The molecule has 2 aliphatic rings. The van der Waals surface area contributed by atoms with E-state index in [-0.39, 0.29) is 6.17 Å². The van der Waals surface area contributed by atoms with Crippen LogP contribution in [-0.2, 0) is 7.05 Å². The summed E-state index contributed by atoms with van der Waals surface area (Å²) in [5.41, 5.74) is 5.38. The van der Waals surface area contributed by atoms with Gasteiger partial charge in [-0.1, -0.05) is 41.5 Å². The topological polar surface area (TPSA) is 53.5 Å². The van der Waals surface area contributed by atoms with Crippen molar-refractivity contribution >= 4 is 0 Å². The van der Waals surface area contributed by atoms with Crippen molar-refractivity contribution in [2.24, 2.45) is 18.9 Å². The fraction of sp³-hybridized carbons (Fsp3) is 0.667. The average Bonchev–Trinajstić information content (AvgIpc) is 3.48. The lowest BCUT2D eigenvalue weighted by molar-refractivity contribution is 0.365. The molecule has 0 spiro atoms. The zero-order valence-electron chi connectivity index (χ0n) is 21.4. The van der Waals surface area contributed by atoms with E-state index < -0.39 is 0 Å². The van der Waals surface area contributed by atoms with Gasteiger partial charge in [0.15, 0.2) is 5.82 Å². The van der Waals surface area contributed by atoms with E-state index in [2.05, 4.69) is 74.9 Å². The van der Waals surface area contributed by atoms with Crippen molar-refractivity contribution in [3.05, 3.63) is 53.1 Å². The van der Waals surface area contributed by atoms with Crippen molar-refractivity contribution in [2.45, 2.75) is 97.1 Å². The number of nitrogens with zero attached hydrogens (tertiary/aromatic N) is 6. The second-order valence-electron chi connectivity index (χ2n) is 11.3. The van der Waals surface area contributed by atoms with Crippen molar-refractivity contribution < 1.29 is 0 Å². The smallest absolute Gasteiger partial charge is 0.200 e. The first-order valence-corrected chi connectivity index (χ1v) is 12.9. The lowest BCUT2D eigenvalue weighted by atomic mass is 9.77. The third kappa shape index (κ3) is 3.75. The molecular formula is C27H40N6. The number of hydrogen-bond acceptors (Lipinski definition) is 3. The van der Waals surface area contributed by atoms with Crippen LogP contribution in [-0.4, -0.2) is 29.1 Å². The Morgan fingerprint density at radius 1 is 0.788 bits per heavy atom. The molecule has 3 unspecified atom stereocenters. The first kappa shape index (κ1) is 22.4. The van der Waals surface area contributed by atoms with Crippen molar-refractivity contribution in [3.63, 3.8) is 0 Å². The van der Waals surface area contributed by atoms with Gasteiger partial charge < -0.3 is 4.57 Å². The minimum absolute atomic E-state index is 0.179. The molecule has 0 amide bonds. The minimum Gasteiger partial charge on any atom is -0.335 e. The van der Waals surface area contributed by atoms with Crippen LogP contribution in [0.3, 0.4) is 0 Å². The van der Waals surface area contributed by atoms with Gasteiger partial charge >= 0.3 is 0 Å². The van der Waals surface area contributed by atoms with Gasteiger partial charge in [-0.05, 0) is 60.5 Å². The third-order valence-corrected chi connectivity index (χ3v) is 8.37. The largest absolute Gasteiger partial charge is 0.335 e. The van der Waals surface area contributed by atoms with Crippen LogP contribution in [0.5, 0.6) is 0 Å². The standard InChI is InChI=1S/C27H40N6/c1-16(2)20-10-8-18(5)22-14-32(29-24(20)22)27(26-28-12-13-31(26)7)33-15-23-19(6)9-11-21(17(3)4)25(23)30-33/h12-21,27H,8-11H2,1-7H3/t18-,19?,20-,21?,27?/m1/s1. The molecule has 0 radical (unpaired) electrons. The van der Waals surface area contributed by atoms with Crippen LogP contribution in [0, 0.1) is 11.8 Å². The molecule has 3 heterocycles. The molecule has 5 atom stereocenters. The lowest BCUT2D eigenvalue weighted by Crippen LogP contribution is -2.24. The highest BCUT2D eigenvalue weighted by Gasteiger charge is 2.35. The van der Waals surface area contributed by atoms with Gasteiger partial charge in [-0.15, -0.1) is 0 Å². The van der Waals surface area contributed by atoms with E-state index in [1.807, 2.05) is 12.4 Å². The van der Waals surface area contributed by atoms with Crippen LogP contribution in [0.25, 0.3) is 0 Å². The number of aromatic nitrogens is 6. The highest BCUT2D eigenvalue weighted by atomic mass is 15.5. The predicted octanol–water partition coefficient (Wildman–Crippen LogP) is 6.18. The Kier molecular flexibility index (Phi) is 5.74. The summed E-state index contributed by atoms with van der Waals surface area (Å²) in [4.78, 5) is 4.77. The van der Waals surface area contributed by atoms with Gasteiger partial charge in [0.25, 0.3) is 0 Å². The Labute approximate surface area is 198 Å². The van der Waals surface area contributed by atoms with Crippen molar-refractivity contribution in [1.29, 1.82) is 0 Å². The van der Waals surface area contributed by atoms with Gasteiger partial charge in [0, 0.05) is 43.7 Å². The first-order valence-electron chi connectivity index (χ1n) is 12.9. The summed E-state index contributed by atoms with van der Waals surface area (Å²) in [6.45, 7) is 14.0. The second kappa shape index (κ2) is 8.44. The Morgan fingerprint density at radius 3 is 1.67 bits per heavy atom. The quantitative estimate of drug-likeness (QED) is 0.468. The van der Waals surface area contributed by atoms with Crippen molar-refractivity contribution in [3.8, 4) is 0 Å². The summed E-state index contributed by atoms with van der Waals surface area (Å²) in [6.07, 6.45) is 13.2. The molecule has 3 aromatic rings. The van der Waals surface area contributed by atoms with Crippen LogP contribution < -0.4 is 0 Å². The fourth-order valence-electron chi connectivity index (χ4n) is 6.15. The highest BCUT2D eigenvalue weighted by Crippen LogP contribution is 2.44. The second-order valence-corrected chi connectivity index (χ2v) is 11.3. The van der Waals surface area contributed by atoms with E-state index in [0.717, 1.165) is 5.82 Å². The summed E-state index contributed by atoms with van der Waals surface area (Å²) in [5.74, 6) is 4.29. The van der Waals surface area contributed by atoms with E-state index >= 15 is 0 Å². The summed E-state index contributed by atoms with van der Waals surface area (Å²) in [5, 5.41) is 10.5. The van der Waals surface area contributed by atoms with Crippen LogP contribution in [0.1, 0.15) is 125 Å². The summed E-state index contributed by atoms with van der Waals surface area (Å²) < 4.78 is 6.41. The van der Waals surface area contributed by atoms with Crippen LogP contribution in [0.2, 0.25) is 0 Å². The highest BCUT2D eigenvalue weighted by molar-refractivity contribution is 5.31. The predicted molar refractivity (Wildman–Crippen MR) is 132 cm³/mol. The molecule has 3 aromatic heterocycles. The van der Waals surface area contributed by atoms with Gasteiger partial charge in [0.05, 0.1) is 11.4 Å². The zero-order valence-corrected chi connectivity index (χ0v) is 21.4. The molecule has 6 heteroatoms. The van der Waals surface area contributed by atoms with Gasteiger partial charge in [-0.3, -0.25) is 0 Å². The molecule has 0 fully saturated rings. The summed E-state index contributed by atoms with van der Waals surface area (Å²) in [7, 11) is 2.07. The molecule has 2 aliphatic carbocycles. The Morgan fingerprint density at radius 2 is 1.27 bits per heavy atom. The maximum Gasteiger partial charge on any atom is 0.200 e. The molecule has 6 nitrogen and oxygen atoms in total. The molecule has 0 saturated carbocycles. The maximum absolute atomic E-state index is 5.26. The average molecular weight is 449 g/mol. The van der Waals surface area contributed by atoms with E-state index in [0.29, 0.717) is 35.5 Å². The Bertz CT molecular complexity index is 1050. The van der Waals surface area contributed by atoms with E-state index in [9.17, 15) is 0 Å². The van der Waals surface area contributed by atoms with Gasteiger partial charge in [-0.25, -0.2) is 14.3 Å². The third-order valence-electron chi connectivity index (χ3n) is 8.37. The van der Waals surface area contributed by atoms with Gasteiger partial charge in [0.1, 0.15) is 0 Å². The van der Waals surface area contributed by atoms with E-state index in [4.69, 9.17) is 15.2 Å². The van der Waals surface area contributed by atoms with Gasteiger partial charge in [0.2, 0.25) is 6.17 Å². The molecule has 0 aliphatic heterocycles. The van der Waals surface area contributed by atoms with Crippen LogP contribution in [0.15, 0.2) is 24.8 Å². The van der Waals surface area contributed by atoms with E-state index in [1.165, 1.54) is 48.2 Å². The molecule has 0 bridgehead atoms. The summed E-state index contributed by atoms with van der Waals surface area (Å²) in [6, 6.07) is 0. The van der Waals surface area contributed by atoms with E-state index in [1.54, 1.807) is 0 Å². The first-order chi connectivity index (χ1) is 15.8. The minimum atomic E-state index is -0.179. The number of imidazole rings is 1. The molecule has 0 aromatic carbocycles.